The van der Waals surface area contributed by atoms with Gasteiger partial charge in [-0.1, -0.05) is 18.2 Å². The zero-order valence-electron chi connectivity index (χ0n) is 17.2. The molecule has 0 aliphatic rings. The zero-order chi connectivity index (χ0) is 21.9. The first-order valence-electron chi connectivity index (χ1n) is 9.42. The van der Waals surface area contributed by atoms with Gasteiger partial charge in [-0.3, -0.25) is 0 Å². The van der Waals surface area contributed by atoms with Crippen molar-refractivity contribution < 1.29 is 28.1 Å². The molecule has 9 heteroatoms. The molecule has 2 aromatic carbocycles. The van der Waals surface area contributed by atoms with Gasteiger partial charge in [0.15, 0.2) is 17.5 Å². The summed E-state index contributed by atoms with van der Waals surface area (Å²) in [5.41, 5.74) is 1.50. The minimum Gasteiger partial charge on any atom is -0.493 e. The van der Waals surface area contributed by atoms with Gasteiger partial charge in [-0.05, 0) is 42.3 Å². The van der Waals surface area contributed by atoms with Crippen LogP contribution in [0.2, 0.25) is 0 Å². The summed E-state index contributed by atoms with van der Waals surface area (Å²) in [4.78, 5) is 4.51. The Balaban J connectivity index is 1.97. The van der Waals surface area contributed by atoms with Crippen LogP contribution in [0.4, 0.5) is 8.78 Å². The first kappa shape index (κ1) is 23.2. The normalized spacial score (nSPS) is 12.4. The van der Waals surface area contributed by atoms with Crippen molar-refractivity contribution in [2.75, 3.05) is 27.3 Å². The molecule has 0 aromatic heterocycles. The van der Waals surface area contributed by atoms with Gasteiger partial charge in [0.25, 0.3) is 0 Å². The maximum Gasteiger partial charge on any atom is 0.387 e. The lowest BCUT2D eigenvalue weighted by Crippen LogP contribution is -2.39. The Labute approximate surface area is 174 Å². The molecule has 0 spiro atoms. The SMILES string of the molecule is CCNC(=NCc1ccc(OC)c(OC)c1)NCC(O)c1ccc(OC(F)F)cc1. The number of aliphatic hydroxyl groups excluding tert-OH is 1. The average molecular weight is 423 g/mol. The fourth-order valence-corrected chi connectivity index (χ4v) is 2.67. The van der Waals surface area contributed by atoms with Gasteiger partial charge in [-0.25, -0.2) is 4.99 Å². The molecule has 3 N–H and O–H groups in total. The molecule has 164 valence electrons. The van der Waals surface area contributed by atoms with E-state index in [9.17, 15) is 13.9 Å². The van der Waals surface area contributed by atoms with E-state index in [4.69, 9.17) is 9.47 Å². The number of aliphatic imine (C=N–C) groups is 1. The Morgan fingerprint density at radius 3 is 2.33 bits per heavy atom. The van der Waals surface area contributed by atoms with E-state index in [1.54, 1.807) is 14.2 Å². The highest BCUT2D eigenvalue weighted by atomic mass is 19.3. The number of ether oxygens (including phenoxy) is 3. The predicted octanol–water partition coefficient (Wildman–Crippen LogP) is 3.09. The van der Waals surface area contributed by atoms with Gasteiger partial charge in [0.05, 0.1) is 26.9 Å². The van der Waals surface area contributed by atoms with Gasteiger partial charge in [-0.2, -0.15) is 8.78 Å². The first-order chi connectivity index (χ1) is 14.5. The van der Waals surface area contributed by atoms with Crippen LogP contribution < -0.4 is 24.8 Å². The lowest BCUT2D eigenvalue weighted by Gasteiger charge is -2.16. The fourth-order valence-electron chi connectivity index (χ4n) is 2.67. The smallest absolute Gasteiger partial charge is 0.387 e. The minimum atomic E-state index is -2.88. The Kier molecular flexibility index (Phi) is 9.14. The van der Waals surface area contributed by atoms with Crippen LogP contribution in [0.25, 0.3) is 0 Å². The molecule has 0 fully saturated rings. The number of rotatable bonds is 10. The topological polar surface area (TPSA) is 84.3 Å². The summed E-state index contributed by atoms with van der Waals surface area (Å²) in [5, 5.41) is 16.5. The molecule has 2 rings (SSSR count). The van der Waals surface area contributed by atoms with Crippen LogP contribution in [0.15, 0.2) is 47.5 Å². The second-order valence-electron chi connectivity index (χ2n) is 6.23. The van der Waals surface area contributed by atoms with Crippen LogP contribution in [0.5, 0.6) is 17.2 Å². The van der Waals surface area contributed by atoms with Crippen molar-refractivity contribution in [3.05, 3.63) is 53.6 Å². The van der Waals surface area contributed by atoms with E-state index < -0.39 is 12.7 Å². The third-order valence-corrected chi connectivity index (χ3v) is 4.16. The highest BCUT2D eigenvalue weighted by Gasteiger charge is 2.11. The molecule has 0 amide bonds. The van der Waals surface area contributed by atoms with E-state index in [1.165, 1.54) is 24.3 Å². The third-order valence-electron chi connectivity index (χ3n) is 4.16. The number of nitrogens with zero attached hydrogens (tertiary/aromatic N) is 1. The van der Waals surface area contributed by atoms with Gasteiger partial charge in [0.2, 0.25) is 0 Å². The van der Waals surface area contributed by atoms with E-state index >= 15 is 0 Å². The molecule has 1 atom stereocenters. The molecular weight excluding hydrogens is 396 g/mol. The maximum atomic E-state index is 12.2. The van der Waals surface area contributed by atoms with E-state index in [0.717, 1.165) is 5.56 Å². The standard InChI is InChI=1S/C21H27F2N3O4/c1-4-24-21(25-12-14-5-10-18(28-2)19(11-14)29-3)26-13-17(27)15-6-8-16(9-7-15)30-20(22)23/h5-11,17,20,27H,4,12-13H2,1-3H3,(H2,24,25,26). The average Bonchev–Trinajstić information content (AvgIpc) is 2.75. The van der Waals surface area contributed by atoms with Crippen molar-refractivity contribution in [1.82, 2.24) is 10.6 Å². The second-order valence-corrected chi connectivity index (χ2v) is 6.23. The summed E-state index contributed by atoms with van der Waals surface area (Å²) in [7, 11) is 3.15. The van der Waals surface area contributed by atoms with Crippen LogP contribution in [-0.2, 0) is 6.54 Å². The van der Waals surface area contributed by atoms with Crippen molar-refractivity contribution in [2.45, 2.75) is 26.2 Å². The van der Waals surface area contributed by atoms with Crippen LogP contribution in [0.1, 0.15) is 24.2 Å². The molecule has 30 heavy (non-hydrogen) atoms. The van der Waals surface area contributed by atoms with Crippen LogP contribution in [-0.4, -0.2) is 45.0 Å². The molecule has 2 aromatic rings. The second kappa shape index (κ2) is 11.8. The number of nitrogens with one attached hydrogen (secondary N) is 2. The molecule has 0 aliphatic heterocycles. The summed E-state index contributed by atoms with van der Waals surface area (Å²) < 4.78 is 39.3. The van der Waals surface area contributed by atoms with Crippen molar-refractivity contribution in [3.63, 3.8) is 0 Å². The summed E-state index contributed by atoms with van der Waals surface area (Å²) in [5.74, 6) is 1.84. The number of hydrogen-bond donors (Lipinski definition) is 3. The number of halogens is 2. The minimum absolute atomic E-state index is 0.0405. The van der Waals surface area contributed by atoms with Crippen LogP contribution >= 0.6 is 0 Å². The van der Waals surface area contributed by atoms with Gasteiger partial charge < -0.3 is 30.0 Å². The molecule has 0 saturated carbocycles. The Morgan fingerprint density at radius 2 is 1.73 bits per heavy atom. The van der Waals surface area contributed by atoms with Crippen molar-refractivity contribution in [2.24, 2.45) is 4.99 Å². The molecule has 0 radical (unpaired) electrons. The number of aliphatic hydroxyl groups is 1. The van der Waals surface area contributed by atoms with E-state index in [2.05, 4.69) is 20.4 Å². The van der Waals surface area contributed by atoms with Crippen molar-refractivity contribution in [3.8, 4) is 17.2 Å². The number of benzene rings is 2. The van der Waals surface area contributed by atoms with Crippen molar-refractivity contribution in [1.29, 1.82) is 0 Å². The summed E-state index contributed by atoms with van der Waals surface area (Å²) in [6.45, 7) is 0.282. The summed E-state index contributed by atoms with van der Waals surface area (Å²) in [6.07, 6.45) is -0.851. The number of alkyl halides is 2. The number of guanidine groups is 1. The van der Waals surface area contributed by atoms with E-state index in [0.29, 0.717) is 36.1 Å². The maximum absolute atomic E-state index is 12.2. The lowest BCUT2D eigenvalue weighted by molar-refractivity contribution is -0.0498. The Morgan fingerprint density at radius 1 is 1.03 bits per heavy atom. The Hall–Kier alpha value is -3.07. The van der Waals surface area contributed by atoms with Crippen LogP contribution in [0, 0.1) is 0 Å². The number of methoxy groups -OCH3 is 2. The third kappa shape index (κ3) is 7.07. The molecule has 1 unspecified atom stereocenters. The molecule has 0 saturated heterocycles. The highest BCUT2D eigenvalue weighted by molar-refractivity contribution is 5.79. The fraction of sp³-hybridized carbons (Fsp3) is 0.381. The van der Waals surface area contributed by atoms with Gasteiger partial charge in [0, 0.05) is 13.1 Å². The quantitative estimate of drug-likeness (QED) is 0.402. The predicted molar refractivity (Wildman–Crippen MR) is 110 cm³/mol. The monoisotopic (exact) mass is 423 g/mol. The van der Waals surface area contributed by atoms with E-state index in [1.807, 2.05) is 25.1 Å². The molecule has 0 aliphatic carbocycles. The largest absolute Gasteiger partial charge is 0.493 e. The summed E-state index contributed by atoms with van der Waals surface area (Å²) in [6, 6.07) is 11.4. The van der Waals surface area contributed by atoms with Crippen LogP contribution in [0.3, 0.4) is 0 Å². The van der Waals surface area contributed by atoms with Crippen molar-refractivity contribution >= 4 is 5.96 Å². The first-order valence-corrected chi connectivity index (χ1v) is 9.42. The zero-order valence-corrected chi connectivity index (χ0v) is 17.2. The van der Waals surface area contributed by atoms with E-state index in [-0.39, 0.29) is 12.3 Å². The number of hydrogen-bond acceptors (Lipinski definition) is 5. The molecule has 7 nitrogen and oxygen atoms in total. The molecule has 0 heterocycles. The molecular formula is C21H27F2N3O4. The van der Waals surface area contributed by atoms with Gasteiger partial charge in [-0.15, -0.1) is 0 Å². The van der Waals surface area contributed by atoms with Gasteiger partial charge >= 0.3 is 6.61 Å². The lowest BCUT2D eigenvalue weighted by atomic mass is 10.1. The summed E-state index contributed by atoms with van der Waals surface area (Å²) >= 11 is 0. The Bertz CT molecular complexity index is 816. The highest BCUT2D eigenvalue weighted by Crippen LogP contribution is 2.27. The van der Waals surface area contributed by atoms with Gasteiger partial charge in [0.1, 0.15) is 5.75 Å². The molecule has 0 bridgehead atoms.